The normalized spacial score (nSPS) is 18.4. The van der Waals surface area contributed by atoms with Gasteiger partial charge in [-0.25, -0.2) is 0 Å². The minimum Gasteiger partial charge on any atom is -0.450 e. The Morgan fingerprint density at radius 2 is 1.70 bits per heavy atom. The van der Waals surface area contributed by atoms with Crippen molar-refractivity contribution in [3.63, 3.8) is 0 Å². The van der Waals surface area contributed by atoms with E-state index in [4.69, 9.17) is 4.42 Å². The van der Waals surface area contributed by atoms with E-state index in [9.17, 15) is 9.59 Å². The summed E-state index contributed by atoms with van der Waals surface area (Å²) in [5, 5.41) is 1.00. The average molecular weight is 368 g/mol. The zero-order chi connectivity index (χ0) is 19.0. The second-order valence-electron chi connectivity index (χ2n) is 8.04. The number of benzene rings is 1. The largest absolute Gasteiger partial charge is 0.450 e. The summed E-state index contributed by atoms with van der Waals surface area (Å²) in [6, 6.07) is 5.98. The number of carbonyl (C=O) groups is 2. The Labute approximate surface area is 160 Å². The van der Waals surface area contributed by atoms with Crippen LogP contribution in [0.25, 0.3) is 11.0 Å². The number of nitrogens with zero attached hydrogens (tertiary/aromatic N) is 2. The molecule has 0 N–H and O–H groups in total. The van der Waals surface area contributed by atoms with Gasteiger partial charge in [0, 0.05) is 43.5 Å². The minimum atomic E-state index is -0.0639. The van der Waals surface area contributed by atoms with Crippen LogP contribution in [0.15, 0.2) is 22.6 Å². The number of para-hydroxylation sites is 1. The summed E-state index contributed by atoms with van der Waals surface area (Å²) < 4.78 is 5.94. The summed E-state index contributed by atoms with van der Waals surface area (Å²) >= 11 is 0. The molecule has 1 saturated heterocycles. The van der Waals surface area contributed by atoms with E-state index in [1.54, 1.807) is 0 Å². The molecule has 1 aromatic carbocycles. The van der Waals surface area contributed by atoms with Crippen molar-refractivity contribution >= 4 is 22.8 Å². The number of hydrogen-bond acceptors (Lipinski definition) is 3. The molecule has 0 bridgehead atoms. The van der Waals surface area contributed by atoms with Crippen LogP contribution in [0.2, 0.25) is 0 Å². The van der Waals surface area contributed by atoms with Crippen molar-refractivity contribution in [1.82, 2.24) is 9.80 Å². The van der Waals surface area contributed by atoms with E-state index in [0.29, 0.717) is 44.3 Å². The third kappa shape index (κ3) is 3.47. The van der Waals surface area contributed by atoms with E-state index < -0.39 is 0 Å². The number of fused-ring (bicyclic) bond motifs is 1. The summed E-state index contributed by atoms with van der Waals surface area (Å²) in [5.41, 5.74) is 2.74. The summed E-state index contributed by atoms with van der Waals surface area (Å²) in [4.78, 5) is 29.2. The van der Waals surface area contributed by atoms with Gasteiger partial charge in [0.05, 0.1) is 0 Å². The van der Waals surface area contributed by atoms with Gasteiger partial charge in [0.15, 0.2) is 5.76 Å². The van der Waals surface area contributed by atoms with Gasteiger partial charge in [-0.2, -0.15) is 0 Å². The van der Waals surface area contributed by atoms with Gasteiger partial charge in [0.2, 0.25) is 5.91 Å². The quantitative estimate of drug-likeness (QED) is 0.825. The Morgan fingerprint density at radius 3 is 2.37 bits per heavy atom. The predicted octanol–water partition coefficient (Wildman–Crippen LogP) is 3.91. The number of piperazine rings is 1. The van der Waals surface area contributed by atoms with Crippen molar-refractivity contribution in [2.45, 2.75) is 46.0 Å². The van der Waals surface area contributed by atoms with Gasteiger partial charge in [0.1, 0.15) is 5.58 Å². The molecule has 0 unspecified atom stereocenters. The molecule has 5 nitrogen and oxygen atoms in total. The number of rotatable bonds is 3. The third-order valence-corrected chi connectivity index (χ3v) is 6.21. The molecule has 2 aliphatic rings. The molecule has 0 radical (unpaired) electrons. The molecule has 144 valence electrons. The highest BCUT2D eigenvalue weighted by molar-refractivity contribution is 5.99. The highest BCUT2D eigenvalue weighted by Crippen LogP contribution is 2.30. The first-order valence-corrected chi connectivity index (χ1v) is 10.1. The Hall–Kier alpha value is -2.30. The third-order valence-electron chi connectivity index (χ3n) is 6.21. The smallest absolute Gasteiger partial charge is 0.290 e. The second-order valence-corrected chi connectivity index (χ2v) is 8.04. The zero-order valence-electron chi connectivity index (χ0n) is 16.3. The van der Waals surface area contributed by atoms with Crippen molar-refractivity contribution in [2.75, 3.05) is 26.2 Å². The maximum absolute atomic E-state index is 13.0. The van der Waals surface area contributed by atoms with E-state index >= 15 is 0 Å². The van der Waals surface area contributed by atoms with E-state index in [1.165, 1.54) is 25.7 Å². The maximum Gasteiger partial charge on any atom is 0.290 e. The standard InChI is InChI=1S/C22H28N2O3/c1-15-6-5-9-18-16(2)21(27-20(15)18)22(26)24-12-10-23(11-13-24)19(25)14-17-7-3-4-8-17/h5-6,9,17H,3-4,7-8,10-14H2,1-2H3. The fourth-order valence-corrected chi connectivity index (χ4v) is 4.48. The van der Waals surface area contributed by atoms with Crippen LogP contribution >= 0.6 is 0 Å². The number of hydrogen-bond donors (Lipinski definition) is 0. The van der Waals surface area contributed by atoms with Crippen molar-refractivity contribution in [1.29, 1.82) is 0 Å². The van der Waals surface area contributed by atoms with Gasteiger partial charge in [-0.15, -0.1) is 0 Å². The van der Waals surface area contributed by atoms with Crippen LogP contribution in [0.1, 0.15) is 53.8 Å². The average Bonchev–Trinajstić information content (AvgIpc) is 3.30. The van der Waals surface area contributed by atoms with Crippen LogP contribution in [-0.2, 0) is 4.79 Å². The Bertz CT molecular complexity index is 856. The first kappa shape index (κ1) is 18.1. The summed E-state index contributed by atoms with van der Waals surface area (Å²) in [5.74, 6) is 1.19. The van der Waals surface area contributed by atoms with Crippen molar-refractivity contribution in [3.05, 3.63) is 35.1 Å². The molecule has 0 atom stereocenters. The minimum absolute atomic E-state index is 0.0639. The van der Waals surface area contributed by atoms with Crippen LogP contribution in [0.5, 0.6) is 0 Å². The topological polar surface area (TPSA) is 53.8 Å². The molecule has 2 amide bonds. The number of amides is 2. The number of furan rings is 1. The van der Waals surface area contributed by atoms with Crippen LogP contribution in [0.3, 0.4) is 0 Å². The van der Waals surface area contributed by atoms with Gasteiger partial charge >= 0.3 is 0 Å². The summed E-state index contributed by atoms with van der Waals surface area (Å²) in [7, 11) is 0. The molecule has 1 aromatic heterocycles. The molecule has 5 heteroatoms. The van der Waals surface area contributed by atoms with Crippen LogP contribution in [-0.4, -0.2) is 47.8 Å². The number of carbonyl (C=O) groups excluding carboxylic acids is 2. The lowest BCUT2D eigenvalue weighted by Gasteiger charge is -2.35. The first-order chi connectivity index (χ1) is 13.0. The Balaban J connectivity index is 1.41. The molecule has 1 saturated carbocycles. The molecule has 0 spiro atoms. The molecule has 4 rings (SSSR count). The molecule has 27 heavy (non-hydrogen) atoms. The van der Waals surface area contributed by atoms with Crippen LogP contribution in [0.4, 0.5) is 0 Å². The molecule has 1 aliphatic heterocycles. The van der Waals surface area contributed by atoms with Crippen LogP contribution < -0.4 is 0 Å². The van der Waals surface area contributed by atoms with Crippen molar-refractivity contribution in [2.24, 2.45) is 5.92 Å². The summed E-state index contributed by atoms with van der Waals surface area (Å²) in [6.45, 7) is 6.33. The molecule has 2 fully saturated rings. The predicted molar refractivity (Wildman–Crippen MR) is 105 cm³/mol. The van der Waals surface area contributed by atoms with E-state index in [0.717, 1.165) is 22.1 Å². The highest BCUT2D eigenvalue weighted by atomic mass is 16.3. The molecule has 2 heterocycles. The van der Waals surface area contributed by atoms with Gasteiger partial charge in [-0.3, -0.25) is 9.59 Å². The fourth-order valence-electron chi connectivity index (χ4n) is 4.48. The lowest BCUT2D eigenvalue weighted by molar-refractivity contribution is -0.133. The van der Waals surface area contributed by atoms with E-state index in [1.807, 2.05) is 41.8 Å². The Morgan fingerprint density at radius 1 is 1.04 bits per heavy atom. The van der Waals surface area contributed by atoms with E-state index in [2.05, 4.69) is 0 Å². The van der Waals surface area contributed by atoms with Crippen molar-refractivity contribution in [3.8, 4) is 0 Å². The molecular weight excluding hydrogens is 340 g/mol. The zero-order valence-corrected chi connectivity index (χ0v) is 16.3. The second kappa shape index (κ2) is 7.37. The maximum atomic E-state index is 13.0. The van der Waals surface area contributed by atoms with Gasteiger partial charge in [-0.1, -0.05) is 31.0 Å². The Kier molecular flexibility index (Phi) is 4.94. The first-order valence-electron chi connectivity index (χ1n) is 10.1. The van der Waals surface area contributed by atoms with Gasteiger partial charge in [0.25, 0.3) is 5.91 Å². The molecule has 2 aromatic rings. The number of aryl methyl sites for hydroxylation is 2. The van der Waals surface area contributed by atoms with Crippen molar-refractivity contribution < 1.29 is 14.0 Å². The summed E-state index contributed by atoms with van der Waals surface area (Å²) in [6.07, 6.45) is 5.58. The van der Waals surface area contributed by atoms with Gasteiger partial charge in [-0.05, 0) is 38.2 Å². The SMILES string of the molecule is Cc1c(C(=O)N2CCN(C(=O)CC3CCCC3)CC2)oc2c(C)cccc12. The lowest BCUT2D eigenvalue weighted by atomic mass is 10.0. The molecule has 1 aliphatic carbocycles. The fraction of sp³-hybridized carbons (Fsp3) is 0.545. The van der Waals surface area contributed by atoms with Crippen LogP contribution in [0, 0.1) is 19.8 Å². The monoisotopic (exact) mass is 368 g/mol. The molecular formula is C22H28N2O3. The van der Waals surface area contributed by atoms with Gasteiger partial charge < -0.3 is 14.2 Å². The lowest BCUT2D eigenvalue weighted by Crippen LogP contribution is -2.50. The van der Waals surface area contributed by atoms with E-state index in [-0.39, 0.29) is 11.8 Å². The highest BCUT2D eigenvalue weighted by Gasteiger charge is 2.29.